The molecule has 0 atom stereocenters. The molecule has 2 aromatic rings. The summed E-state index contributed by atoms with van der Waals surface area (Å²) in [6.07, 6.45) is 3.82. The van der Waals surface area contributed by atoms with Gasteiger partial charge in [0.1, 0.15) is 0 Å². The molecule has 1 saturated carbocycles. The number of benzene rings is 1. The first-order chi connectivity index (χ1) is 9.81. The molecule has 1 aliphatic carbocycles. The molecule has 4 heteroatoms. The minimum atomic E-state index is 0.784. The first-order valence-corrected chi connectivity index (χ1v) is 9.02. The van der Waals surface area contributed by atoms with Crippen molar-refractivity contribution in [2.45, 2.75) is 43.7 Å². The summed E-state index contributed by atoms with van der Waals surface area (Å²) in [5, 5.41) is 3.55. The van der Waals surface area contributed by atoms with E-state index in [9.17, 15) is 0 Å². The summed E-state index contributed by atoms with van der Waals surface area (Å²) in [6, 6.07) is 9.76. The van der Waals surface area contributed by atoms with Crippen LogP contribution in [0.25, 0.3) is 0 Å². The largest absolute Gasteiger partial charge is 0.310 e. The van der Waals surface area contributed by atoms with Gasteiger partial charge in [0.15, 0.2) is 0 Å². The number of aromatic nitrogens is 1. The number of rotatable bonds is 7. The lowest BCUT2D eigenvalue weighted by Gasteiger charge is -2.05. The maximum Gasteiger partial charge on any atom is 0.0797 e. The van der Waals surface area contributed by atoms with Crippen LogP contribution >= 0.6 is 23.1 Å². The third-order valence-corrected chi connectivity index (χ3v) is 5.55. The van der Waals surface area contributed by atoms with Gasteiger partial charge in [0.05, 0.1) is 11.2 Å². The number of nitrogens with zero attached hydrogens (tertiary/aromatic N) is 1. The number of hydrogen-bond donors (Lipinski definition) is 1. The van der Waals surface area contributed by atoms with Crippen LogP contribution in [0, 0.1) is 6.92 Å². The van der Waals surface area contributed by atoms with Crippen molar-refractivity contribution in [3.05, 3.63) is 45.9 Å². The number of aryl methyl sites for hydroxylation is 2. The number of hydrogen-bond acceptors (Lipinski definition) is 4. The van der Waals surface area contributed by atoms with Gasteiger partial charge in [-0.25, -0.2) is 4.98 Å². The predicted octanol–water partition coefficient (Wildman–Crippen LogP) is 4.04. The maximum atomic E-state index is 4.30. The van der Waals surface area contributed by atoms with Crippen molar-refractivity contribution in [3.63, 3.8) is 0 Å². The normalized spacial score (nSPS) is 14.7. The van der Waals surface area contributed by atoms with E-state index >= 15 is 0 Å². The van der Waals surface area contributed by atoms with Crippen molar-refractivity contribution < 1.29 is 0 Å². The second-order valence-corrected chi connectivity index (χ2v) is 7.37. The SMILES string of the molecule is Cc1ncsc1CCSc1ccc(CNC2CC2)cc1. The third-order valence-electron chi connectivity index (χ3n) is 3.54. The van der Waals surface area contributed by atoms with Crippen molar-refractivity contribution in [2.24, 2.45) is 0 Å². The molecule has 1 heterocycles. The second kappa shape index (κ2) is 6.74. The Kier molecular flexibility index (Phi) is 4.76. The van der Waals surface area contributed by atoms with Crippen LogP contribution in [-0.4, -0.2) is 16.8 Å². The molecule has 20 heavy (non-hydrogen) atoms. The van der Waals surface area contributed by atoms with Gasteiger partial charge in [0.25, 0.3) is 0 Å². The van der Waals surface area contributed by atoms with Gasteiger partial charge >= 0.3 is 0 Å². The monoisotopic (exact) mass is 304 g/mol. The molecule has 0 saturated heterocycles. The van der Waals surface area contributed by atoms with E-state index in [1.807, 2.05) is 17.3 Å². The molecular formula is C16H20N2S2. The second-order valence-electron chi connectivity index (χ2n) is 5.26. The molecule has 1 fully saturated rings. The first kappa shape index (κ1) is 14.1. The van der Waals surface area contributed by atoms with Crippen LogP contribution in [0.5, 0.6) is 0 Å². The highest BCUT2D eigenvalue weighted by atomic mass is 32.2. The Hall–Kier alpha value is -0.840. The van der Waals surface area contributed by atoms with Crippen molar-refractivity contribution in [3.8, 4) is 0 Å². The Bertz CT molecular complexity index is 544. The van der Waals surface area contributed by atoms with Gasteiger partial charge in [-0.2, -0.15) is 0 Å². The fourth-order valence-electron chi connectivity index (χ4n) is 2.08. The lowest BCUT2D eigenvalue weighted by atomic mass is 10.2. The molecule has 0 radical (unpaired) electrons. The van der Waals surface area contributed by atoms with Gasteiger partial charge in [-0.15, -0.1) is 23.1 Å². The average molecular weight is 304 g/mol. The fourth-order valence-corrected chi connectivity index (χ4v) is 3.86. The number of thiazole rings is 1. The summed E-state index contributed by atoms with van der Waals surface area (Å²) < 4.78 is 0. The van der Waals surface area contributed by atoms with E-state index in [1.165, 1.54) is 33.9 Å². The van der Waals surface area contributed by atoms with Crippen molar-refractivity contribution in [1.29, 1.82) is 0 Å². The zero-order chi connectivity index (χ0) is 13.8. The zero-order valence-corrected chi connectivity index (χ0v) is 13.4. The summed E-state index contributed by atoms with van der Waals surface area (Å²) in [5.74, 6) is 1.13. The molecule has 1 N–H and O–H groups in total. The molecule has 1 aromatic heterocycles. The summed E-state index contributed by atoms with van der Waals surface area (Å²) in [7, 11) is 0. The number of thioether (sulfide) groups is 1. The molecule has 1 aliphatic rings. The van der Waals surface area contributed by atoms with Crippen LogP contribution in [0.4, 0.5) is 0 Å². The van der Waals surface area contributed by atoms with Crippen LogP contribution in [0.3, 0.4) is 0 Å². The zero-order valence-electron chi connectivity index (χ0n) is 11.8. The van der Waals surface area contributed by atoms with E-state index in [1.54, 1.807) is 11.3 Å². The van der Waals surface area contributed by atoms with Gasteiger partial charge < -0.3 is 5.32 Å². The molecule has 3 rings (SSSR count). The van der Waals surface area contributed by atoms with Crippen LogP contribution in [0.1, 0.15) is 29.0 Å². The minimum absolute atomic E-state index is 0.784. The highest BCUT2D eigenvalue weighted by molar-refractivity contribution is 7.99. The Labute approximate surface area is 129 Å². The fraction of sp³-hybridized carbons (Fsp3) is 0.438. The molecule has 1 aromatic carbocycles. The standard InChI is InChI=1S/C16H20N2S2/c1-12-16(20-11-18-12)8-9-19-15-6-2-13(3-7-15)10-17-14-4-5-14/h2-3,6-7,11,14,17H,4-5,8-10H2,1H3. The molecule has 0 amide bonds. The first-order valence-electron chi connectivity index (χ1n) is 7.15. The summed E-state index contributed by atoms with van der Waals surface area (Å²) in [4.78, 5) is 7.08. The highest BCUT2D eigenvalue weighted by Crippen LogP contribution is 2.23. The third kappa shape index (κ3) is 4.08. The van der Waals surface area contributed by atoms with Crippen molar-refractivity contribution >= 4 is 23.1 Å². The van der Waals surface area contributed by atoms with Crippen molar-refractivity contribution in [2.75, 3.05) is 5.75 Å². The van der Waals surface area contributed by atoms with Gasteiger partial charge in [-0.1, -0.05) is 12.1 Å². The summed E-state index contributed by atoms with van der Waals surface area (Å²) in [5.41, 5.74) is 4.52. The quantitative estimate of drug-likeness (QED) is 0.782. The van der Waals surface area contributed by atoms with E-state index in [4.69, 9.17) is 0 Å². The van der Waals surface area contributed by atoms with E-state index in [2.05, 4.69) is 41.5 Å². The van der Waals surface area contributed by atoms with E-state index in [0.29, 0.717) is 0 Å². The molecule has 0 spiro atoms. The molecule has 0 bridgehead atoms. The van der Waals surface area contributed by atoms with Crippen LogP contribution < -0.4 is 5.32 Å². The van der Waals surface area contributed by atoms with Crippen LogP contribution in [-0.2, 0) is 13.0 Å². The lowest BCUT2D eigenvalue weighted by Crippen LogP contribution is -2.14. The van der Waals surface area contributed by atoms with Crippen LogP contribution in [0.15, 0.2) is 34.7 Å². The predicted molar refractivity (Wildman–Crippen MR) is 87.6 cm³/mol. The van der Waals surface area contributed by atoms with E-state index in [0.717, 1.165) is 24.8 Å². The van der Waals surface area contributed by atoms with Gasteiger partial charge in [-0.05, 0) is 43.9 Å². The van der Waals surface area contributed by atoms with Gasteiger partial charge in [-0.3, -0.25) is 0 Å². The van der Waals surface area contributed by atoms with E-state index < -0.39 is 0 Å². The maximum absolute atomic E-state index is 4.30. The molecular weight excluding hydrogens is 284 g/mol. The molecule has 0 unspecified atom stereocenters. The van der Waals surface area contributed by atoms with E-state index in [-0.39, 0.29) is 0 Å². The van der Waals surface area contributed by atoms with Crippen molar-refractivity contribution in [1.82, 2.24) is 10.3 Å². The Morgan fingerprint density at radius 2 is 2.10 bits per heavy atom. The lowest BCUT2D eigenvalue weighted by molar-refractivity contribution is 0.687. The molecule has 0 aliphatic heterocycles. The Morgan fingerprint density at radius 1 is 1.30 bits per heavy atom. The smallest absolute Gasteiger partial charge is 0.0797 e. The minimum Gasteiger partial charge on any atom is -0.310 e. The average Bonchev–Trinajstić information content (AvgIpc) is 3.21. The molecule has 106 valence electrons. The summed E-state index contributed by atoms with van der Waals surface area (Å²) in [6.45, 7) is 3.10. The molecule has 2 nitrogen and oxygen atoms in total. The Balaban J connectivity index is 1.44. The number of nitrogens with one attached hydrogen (secondary N) is 1. The highest BCUT2D eigenvalue weighted by Gasteiger charge is 2.19. The Morgan fingerprint density at radius 3 is 2.75 bits per heavy atom. The summed E-state index contributed by atoms with van der Waals surface area (Å²) >= 11 is 3.70. The topological polar surface area (TPSA) is 24.9 Å². The van der Waals surface area contributed by atoms with Crippen LogP contribution in [0.2, 0.25) is 0 Å². The van der Waals surface area contributed by atoms with Gasteiger partial charge in [0.2, 0.25) is 0 Å². The van der Waals surface area contributed by atoms with Gasteiger partial charge in [0, 0.05) is 28.1 Å².